The second-order valence-electron chi connectivity index (χ2n) is 5.73. The third kappa shape index (κ3) is 3.00. The highest BCUT2D eigenvalue weighted by Gasteiger charge is 2.23. The van der Waals surface area contributed by atoms with Crippen LogP contribution < -0.4 is 4.74 Å². The van der Waals surface area contributed by atoms with Crippen LogP contribution in [0.15, 0.2) is 48.5 Å². The highest BCUT2D eigenvalue weighted by atomic mass is 16.5. The van der Waals surface area contributed by atoms with Crippen molar-refractivity contribution in [3.05, 3.63) is 65.2 Å². The first-order valence-electron chi connectivity index (χ1n) is 7.02. The minimum atomic E-state index is -0.346. The predicted molar refractivity (Wildman–Crippen MR) is 87.2 cm³/mol. The lowest BCUT2D eigenvalue weighted by atomic mass is 10.00. The topological polar surface area (TPSA) is 29.5 Å². The lowest BCUT2D eigenvalue weighted by Gasteiger charge is -2.28. The van der Waals surface area contributed by atoms with Gasteiger partial charge in [0.2, 0.25) is 0 Å². The number of fused-ring (bicyclic) bond motifs is 1. The van der Waals surface area contributed by atoms with E-state index in [1.54, 1.807) is 6.07 Å². The number of hydrogen-bond acceptors (Lipinski definition) is 2. The van der Waals surface area contributed by atoms with E-state index >= 15 is 0 Å². The Morgan fingerprint density at radius 1 is 1.00 bits per heavy atom. The van der Waals surface area contributed by atoms with E-state index in [-0.39, 0.29) is 11.4 Å². The van der Waals surface area contributed by atoms with Gasteiger partial charge < -0.3 is 9.84 Å². The van der Waals surface area contributed by atoms with Gasteiger partial charge in [0.1, 0.15) is 17.1 Å². The van der Waals surface area contributed by atoms with E-state index in [0.717, 1.165) is 22.4 Å². The molecule has 0 amide bonds. The average molecular weight is 278 g/mol. The molecule has 0 saturated carbocycles. The van der Waals surface area contributed by atoms with E-state index in [2.05, 4.69) is 0 Å². The molecule has 2 aromatic carbocycles. The molecule has 0 bridgehead atoms. The number of hydrogen-bond donors (Lipinski definition) is 1. The van der Waals surface area contributed by atoms with Crippen molar-refractivity contribution >= 4 is 18.2 Å². The van der Waals surface area contributed by atoms with Crippen molar-refractivity contribution in [2.45, 2.75) is 19.4 Å². The van der Waals surface area contributed by atoms with E-state index in [1.807, 2.05) is 74.5 Å². The lowest BCUT2D eigenvalue weighted by Crippen LogP contribution is -2.27. The van der Waals surface area contributed by atoms with Crippen LogP contribution in [-0.4, -0.2) is 10.7 Å². The van der Waals surface area contributed by atoms with Crippen molar-refractivity contribution in [1.82, 2.24) is 0 Å². The van der Waals surface area contributed by atoms with Crippen LogP contribution in [0.25, 0.3) is 18.2 Å². The van der Waals surface area contributed by atoms with Gasteiger partial charge in [0.15, 0.2) is 0 Å². The van der Waals surface area contributed by atoms with Gasteiger partial charge in [0.25, 0.3) is 0 Å². The van der Waals surface area contributed by atoms with Gasteiger partial charge in [0.05, 0.1) is 5.56 Å². The van der Waals surface area contributed by atoms with Crippen molar-refractivity contribution in [1.29, 1.82) is 0 Å². The van der Waals surface area contributed by atoms with Gasteiger partial charge >= 0.3 is 0 Å². The zero-order chi connectivity index (χ0) is 14.9. The molecular formula is C19H18O2. The molecule has 2 nitrogen and oxygen atoms in total. The van der Waals surface area contributed by atoms with Crippen LogP contribution in [0, 0.1) is 0 Å². The zero-order valence-corrected chi connectivity index (χ0v) is 12.2. The summed E-state index contributed by atoms with van der Waals surface area (Å²) >= 11 is 0. The van der Waals surface area contributed by atoms with Gasteiger partial charge in [-0.2, -0.15) is 0 Å². The normalized spacial score (nSPS) is 15.7. The largest absolute Gasteiger partial charge is 0.507 e. The third-order valence-corrected chi connectivity index (χ3v) is 3.43. The fraction of sp³-hybridized carbons (Fsp3) is 0.158. The smallest absolute Gasteiger partial charge is 0.132 e. The second kappa shape index (κ2) is 5.13. The maximum absolute atomic E-state index is 10.1. The molecule has 0 atom stereocenters. The molecule has 1 aliphatic rings. The summed E-state index contributed by atoms with van der Waals surface area (Å²) in [6.07, 6.45) is 7.86. The van der Waals surface area contributed by atoms with Crippen LogP contribution >= 0.6 is 0 Å². The fourth-order valence-electron chi connectivity index (χ4n) is 2.34. The average Bonchev–Trinajstić information content (AvgIpc) is 2.45. The van der Waals surface area contributed by atoms with Crippen LogP contribution in [0.5, 0.6) is 11.5 Å². The highest BCUT2D eigenvalue weighted by molar-refractivity contribution is 5.75. The Bertz CT molecular complexity index is 710. The number of phenols is 1. The summed E-state index contributed by atoms with van der Waals surface area (Å²) in [4.78, 5) is 0. The first-order valence-corrected chi connectivity index (χ1v) is 7.02. The van der Waals surface area contributed by atoms with Crippen molar-refractivity contribution in [3.63, 3.8) is 0 Å². The maximum Gasteiger partial charge on any atom is 0.132 e. The van der Waals surface area contributed by atoms with Gasteiger partial charge in [0, 0.05) is 0 Å². The summed E-state index contributed by atoms with van der Waals surface area (Å²) in [6, 6.07) is 13.8. The standard InChI is InChI=1S/C19H18O2/c1-19(2)11-10-16-17(20)12-15(13-18(16)21-19)9-8-14-6-4-3-5-7-14/h3-13,20H,1-2H3/b9-8+. The zero-order valence-electron chi connectivity index (χ0n) is 12.2. The minimum Gasteiger partial charge on any atom is -0.507 e. The lowest BCUT2D eigenvalue weighted by molar-refractivity contribution is 0.158. The Labute approximate surface area is 125 Å². The Morgan fingerprint density at radius 3 is 2.48 bits per heavy atom. The van der Waals surface area contributed by atoms with Crippen molar-refractivity contribution in [2.75, 3.05) is 0 Å². The molecule has 2 aromatic rings. The Hall–Kier alpha value is -2.48. The molecule has 0 radical (unpaired) electrons. The minimum absolute atomic E-state index is 0.243. The monoisotopic (exact) mass is 278 g/mol. The van der Waals surface area contributed by atoms with E-state index in [9.17, 15) is 5.11 Å². The molecule has 1 heterocycles. The molecule has 0 aromatic heterocycles. The van der Waals surface area contributed by atoms with Gasteiger partial charge in [-0.3, -0.25) is 0 Å². The third-order valence-electron chi connectivity index (χ3n) is 3.43. The molecule has 2 heteroatoms. The summed E-state index contributed by atoms with van der Waals surface area (Å²) < 4.78 is 5.91. The Kier molecular flexibility index (Phi) is 3.30. The Balaban J connectivity index is 1.94. The van der Waals surface area contributed by atoms with Crippen LogP contribution in [0.4, 0.5) is 0 Å². The first-order chi connectivity index (χ1) is 10.0. The van der Waals surface area contributed by atoms with Gasteiger partial charge in [-0.25, -0.2) is 0 Å². The van der Waals surface area contributed by atoms with Crippen LogP contribution in [0.1, 0.15) is 30.5 Å². The molecule has 21 heavy (non-hydrogen) atoms. The molecule has 106 valence electrons. The number of ether oxygens (including phenoxy) is 1. The molecule has 1 aliphatic heterocycles. The summed E-state index contributed by atoms with van der Waals surface area (Å²) in [5.74, 6) is 0.960. The molecule has 1 N–H and O–H groups in total. The molecule has 0 aliphatic carbocycles. The highest BCUT2D eigenvalue weighted by Crippen LogP contribution is 2.37. The van der Waals surface area contributed by atoms with E-state index in [0.29, 0.717) is 0 Å². The number of benzene rings is 2. The maximum atomic E-state index is 10.1. The molecular weight excluding hydrogens is 260 g/mol. The van der Waals surface area contributed by atoms with Crippen molar-refractivity contribution < 1.29 is 9.84 Å². The summed E-state index contributed by atoms with van der Waals surface area (Å²) in [7, 11) is 0. The first kappa shape index (κ1) is 13.5. The van der Waals surface area contributed by atoms with Gasteiger partial charge in [-0.05, 0) is 49.3 Å². The van der Waals surface area contributed by atoms with Crippen molar-refractivity contribution in [2.24, 2.45) is 0 Å². The quantitative estimate of drug-likeness (QED) is 0.803. The van der Waals surface area contributed by atoms with E-state index in [1.165, 1.54) is 0 Å². The van der Waals surface area contributed by atoms with Crippen LogP contribution in [0.3, 0.4) is 0 Å². The van der Waals surface area contributed by atoms with Gasteiger partial charge in [-0.15, -0.1) is 0 Å². The SMILES string of the molecule is CC1(C)C=Cc2c(O)cc(/C=C/c3ccccc3)cc2O1. The number of rotatable bonds is 2. The molecule has 0 saturated heterocycles. The fourth-order valence-corrected chi connectivity index (χ4v) is 2.34. The molecule has 0 unspecified atom stereocenters. The predicted octanol–water partition coefficient (Wildman–Crippen LogP) is 4.75. The van der Waals surface area contributed by atoms with Crippen molar-refractivity contribution in [3.8, 4) is 11.5 Å². The Morgan fingerprint density at radius 2 is 1.71 bits per heavy atom. The number of aromatic hydroxyl groups is 1. The van der Waals surface area contributed by atoms with E-state index < -0.39 is 0 Å². The number of phenolic OH excluding ortho intramolecular Hbond substituents is 1. The molecule has 3 rings (SSSR count). The van der Waals surface area contributed by atoms with Gasteiger partial charge in [-0.1, -0.05) is 42.5 Å². The molecule has 0 spiro atoms. The van der Waals surface area contributed by atoms with E-state index in [4.69, 9.17) is 4.74 Å². The second-order valence-corrected chi connectivity index (χ2v) is 5.73. The molecule has 0 fully saturated rings. The van der Waals surface area contributed by atoms with Crippen LogP contribution in [-0.2, 0) is 0 Å². The summed E-state index contributed by atoms with van der Waals surface area (Å²) in [6.45, 7) is 3.99. The summed E-state index contributed by atoms with van der Waals surface area (Å²) in [5, 5.41) is 10.1. The van der Waals surface area contributed by atoms with Crippen LogP contribution in [0.2, 0.25) is 0 Å². The summed E-state index contributed by atoms with van der Waals surface area (Å²) in [5.41, 5.74) is 2.43.